The third-order valence-electron chi connectivity index (χ3n) is 4.02. The van der Waals surface area contributed by atoms with Gasteiger partial charge in [0.2, 0.25) is 0 Å². The molecule has 130 valence electrons. The minimum atomic E-state index is 0.534. The van der Waals surface area contributed by atoms with Gasteiger partial charge < -0.3 is 9.97 Å². The second-order valence-corrected chi connectivity index (χ2v) is 6.59. The van der Waals surface area contributed by atoms with E-state index < -0.39 is 0 Å². The van der Waals surface area contributed by atoms with Crippen molar-refractivity contribution in [2.45, 2.75) is 0 Å². The predicted octanol–water partition coefficient (Wildman–Crippen LogP) is 4.05. The number of thiazole rings is 1. The zero-order valence-corrected chi connectivity index (χ0v) is 14.8. The van der Waals surface area contributed by atoms with Crippen molar-refractivity contribution < 1.29 is 0 Å². The Labute approximate surface area is 158 Å². The van der Waals surface area contributed by atoms with Crippen LogP contribution >= 0.6 is 11.3 Å². The third kappa shape index (κ3) is 2.81. The number of aromatic nitrogens is 7. The van der Waals surface area contributed by atoms with E-state index in [2.05, 4.69) is 24.9 Å². The number of nitrogens with zero attached hydrogens (tertiary/aromatic N) is 5. The standard InChI is InChI=1S/C19H13N7S/c1-2-6-21-13(4-1)17-25-15(12-5-3-7-20-12)14(19-24-10-11-27-19)16(26-17)18-22-8-9-23-18/h1-11,20H,(H,22,23). The Bertz CT molecular complexity index is 1090. The van der Waals surface area contributed by atoms with E-state index in [0.29, 0.717) is 23.0 Å². The van der Waals surface area contributed by atoms with Gasteiger partial charge in [0.1, 0.15) is 22.1 Å². The van der Waals surface area contributed by atoms with Crippen molar-refractivity contribution in [2.75, 3.05) is 0 Å². The first-order valence-corrected chi connectivity index (χ1v) is 9.15. The molecule has 27 heavy (non-hydrogen) atoms. The minimum Gasteiger partial charge on any atom is -0.360 e. The number of H-pyrrole nitrogens is 2. The van der Waals surface area contributed by atoms with Gasteiger partial charge in [0, 0.05) is 36.4 Å². The molecular formula is C19H13N7S. The molecule has 2 N–H and O–H groups in total. The van der Waals surface area contributed by atoms with Crippen LogP contribution in [0.5, 0.6) is 0 Å². The lowest BCUT2D eigenvalue weighted by Gasteiger charge is -2.12. The van der Waals surface area contributed by atoms with Crippen LogP contribution in [0.4, 0.5) is 0 Å². The number of nitrogens with one attached hydrogen (secondary N) is 2. The normalized spacial score (nSPS) is 11.0. The second kappa shape index (κ2) is 6.58. The van der Waals surface area contributed by atoms with E-state index in [0.717, 1.165) is 22.0 Å². The van der Waals surface area contributed by atoms with E-state index in [4.69, 9.17) is 9.97 Å². The van der Waals surface area contributed by atoms with E-state index in [1.54, 1.807) is 24.8 Å². The van der Waals surface area contributed by atoms with Crippen LogP contribution in [-0.4, -0.2) is 34.9 Å². The molecule has 0 aliphatic heterocycles. The molecule has 5 aromatic heterocycles. The summed E-state index contributed by atoms with van der Waals surface area (Å²) in [6.07, 6.45) is 8.86. The van der Waals surface area contributed by atoms with Crippen molar-refractivity contribution in [3.63, 3.8) is 0 Å². The molecule has 0 aliphatic rings. The number of aromatic amines is 2. The Morgan fingerprint density at radius 1 is 0.778 bits per heavy atom. The van der Waals surface area contributed by atoms with Crippen molar-refractivity contribution in [1.82, 2.24) is 34.9 Å². The maximum absolute atomic E-state index is 4.83. The first-order chi connectivity index (χ1) is 13.4. The first kappa shape index (κ1) is 15.6. The number of hydrogen-bond acceptors (Lipinski definition) is 6. The maximum atomic E-state index is 4.83. The summed E-state index contributed by atoms with van der Waals surface area (Å²) in [7, 11) is 0. The van der Waals surface area contributed by atoms with Crippen molar-refractivity contribution in [3.8, 4) is 45.0 Å². The topological polar surface area (TPSA) is 96.0 Å². The van der Waals surface area contributed by atoms with Crippen molar-refractivity contribution >= 4 is 11.3 Å². The molecule has 0 spiro atoms. The highest BCUT2D eigenvalue weighted by atomic mass is 32.1. The fourth-order valence-corrected chi connectivity index (χ4v) is 3.54. The van der Waals surface area contributed by atoms with Crippen molar-refractivity contribution in [3.05, 3.63) is 66.7 Å². The van der Waals surface area contributed by atoms with Crippen LogP contribution in [0.1, 0.15) is 0 Å². The van der Waals surface area contributed by atoms with E-state index in [1.165, 1.54) is 11.3 Å². The summed E-state index contributed by atoms with van der Waals surface area (Å²) in [5.41, 5.74) is 3.87. The van der Waals surface area contributed by atoms with Crippen LogP contribution in [0.15, 0.2) is 66.7 Å². The molecule has 0 unspecified atom stereocenters. The average Bonchev–Trinajstić information content (AvgIpc) is 3.51. The van der Waals surface area contributed by atoms with Gasteiger partial charge in [-0.15, -0.1) is 11.3 Å². The highest BCUT2D eigenvalue weighted by Gasteiger charge is 2.23. The summed E-state index contributed by atoms with van der Waals surface area (Å²) in [5.74, 6) is 1.19. The number of hydrogen-bond donors (Lipinski definition) is 2. The van der Waals surface area contributed by atoms with Gasteiger partial charge in [-0.1, -0.05) is 6.07 Å². The monoisotopic (exact) mass is 371 g/mol. The maximum Gasteiger partial charge on any atom is 0.179 e. The van der Waals surface area contributed by atoms with Crippen LogP contribution in [0.2, 0.25) is 0 Å². The number of pyridine rings is 1. The lowest BCUT2D eigenvalue weighted by Crippen LogP contribution is -2.02. The summed E-state index contributed by atoms with van der Waals surface area (Å²) in [4.78, 5) is 29.3. The highest BCUT2D eigenvalue weighted by molar-refractivity contribution is 7.13. The van der Waals surface area contributed by atoms with Crippen molar-refractivity contribution in [1.29, 1.82) is 0 Å². The number of rotatable bonds is 4. The average molecular weight is 371 g/mol. The molecule has 8 heteroatoms. The summed E-state index contributed by atoms with van der Waals surface area (Å²) >= 11 is 1.54. The molecule has 5 heterocycles. The van der Waals surface area contributed by atoms with Gasteiger partial charge in [0.25, 0.3) is 0 Å². The van der Waals surface area contributed by atoms with Gasteiger partial charge >= 0.3 is 0 Å². The molecule has 0 amide bonds. The molecule has 0 aliphatic carbocycles. The van der Waals surface area contributed by atoms with Gasteiger partial charge in [-0.3, -0.25) is 4.98 Å². The van der Waals surface area contributed by atoms with Crippen LogP contribution in [0.3, 0.4) is 0 Å². The Morgan fingerprint density at radius 2 is 1.74 bits per heavy atom. The lowest BCUT2D eigenvalue weighted by atomic mass is 10.1. The molecule has 5 rings (SSSR count). The molecule has 0 radical (unpaired) electrons. The highest BCUT2D eigenvalue weighted by Crippen LogP contribution is 2.38. The number of imidazole rings is 1. The SMILES string of the molecule is c1ccc(-c2nc(-c3ccc[nH]3)c(-c3nccs3)c(-c3ncc[nH]3)n2)nc1. The third-order valence-corrected chi connectivity index (χ3v) is 4.82. The molecule has 0 bridgehead atoms. The summed E-state index contributed by atoms with van der Waals surface area (Å²) < 4.78 is 0. The minimum absolute atomic E-state index is 0.534. The van der Waals surface area contributed by atoms with Crippen LogP contribution in [0.25, 0.3) is 45.0 Å². The van der Waals surface area contributed by atoms with Gasteiger partial charge in [0.15, 0.2) is 11.6 Å². The van der Waals surface area contributed by atoms with E-state index in [1.807, 2.05) is 41.9 Å². The fraction of sp³-hybridized carbons (Fsp3) is 0. The van der Waals surface area contributed by atoms with Gasteiger partial charge in [-0.05, 0) is 24.3 Å². The zero-order valence-electron chi connectivity index (χ0n) is 14.0. The van der Waals surface area contributed by atoms with E-state index >= 15 is 0 Å². The Morgan fingerprint density at radius 3 is 2.44 bits per heavy atom. The van der Waals surface area contributed by atoms with Crippen molar-refractivity contribution in [2.24, 2.45) is 0 Å². The van der Waals surface area contributed by atoms with Crippen LogP contribution < -0.4 is 0 Å². The fourth-order valence-electron chi connectivity index (χ4n) is 2.86. The smallest absolute Gasteiger partial charge is 0.179 e. The molecule has 0 aromatic carbocycles. The largest absolute Gasteiger partial charge is 0.360 e. The predicted molar refractivity (Wildman–Crippen MR) is 104 cm³/mol. The Balaban J connectivity index is 1.86. The molecule has 0 saturated heterocycles. The Hall–Kier alpha value is -3.65. The quantitative estimate of drug-likeness (QED) is 0.497. The first-order valence-electron chi connectivity index (χ1n) is 8.27. The van der Waals surface area contributed by atoms with Gasteiger partial charge in [0.05, 0.1) is 11.3 Å². The molecule has 0 fully saturated rings. The van der Waals surface area contributed by atoms with Crippen LogP contribution in [-0.2, 0) is 0 Å². The van der Waals surface area contributed by atoms with E-state index in [9.17, 15) is 0 Å². The van der Waals surface area contributed by atoms with E-state index in [-0.39, 0.29) is 0 Å². The molecule has 0 atom stereocenters. The molecular weight excluding hydrogens is 358 g/mol. The van der Waals surface area contributed by atoms with Crippen LogP contribution in [0, 0.1) is 0 Å². The molecule has 5 aromatic rings. The summed E-state index contributed by atoms with van der Waals surface area (Å²) in [6.45, 7) is 0. The molecule has 7 nitrogen and oxygen atoms in total. The zero-order chi connectivity index (χ0) is 18.1. The second-order valence-electron chi connectivity index (χ2n) is 5.69. The van der Waals surface area contributed by atoms with Gasteiger partial charge in [-0.2, -0.15) is 0 Å². The summed E-state index contributed by atoms with van der Waals surface area (Å²) in [5, 5.41) is 2.77. The molecule has 0 saturated carbocycles. The Kier molecular flexibility index (Phi) is 3.80. The lowest BCUT2D eigenvalue weighted by molar-refractivity contribution is 1.12. The van der Waals surface area contributed by atoms with Gasteiger partial charge in [-0.25, -0.2) is 19.9 Å². The summed E-state index contributed by atoms with van der Waals surface area (Å²) in [6, 6.07) is 9.60.